The highest BCUT2D eigenvalue weighted by Gasteiger charge is 2.42. The minimum Gasteiger partial charge on any atom is -0.387 e. The lowest BCUT2D eigenvalue weighted by Gasteiger charge is -2.25. The molecule has 0 aliphatic rings. The summed E-state index contributed by atoms with van der Waals surface area (Å²) in [6.45, 7) is 1.12. The number of hydrogen-bond acceptors (Lipinski definition) is 3. The van der Waals surface area contributed by atoms with Crippen molar-refractivity contribution in [1.82, 2.24) is 9.80 Å². The second kappa shape index (κ2) is 6.80. The Hall–Kier alpha value is -0.820. The van der Waals surface area contributed by atoms with Crippen LogP contribution in [0.5, 0.6) is 0 Å². The van der Waals surface area contributed by atoms with Gasteiger partial charge in [0.2, 0.25) is 0 Å². The van der Waals surface area contributed by atoms with Gasteiger partial charge in [-0.25, -0.2) is 0 Å². The second-order valence-corrected chi connectivity index (χ2v) is 4.47. The van der Waals surface area contributed by atoms with Crippen LogP contribution in [0.4, 0.5) is 13.2 Å². The molecule has 0 radical (unpaired) electrons. The van der Waals surface area contributed by atoms with E-state index in [4.69, 9.17) is 11.1 Å². The molecule has 0 amide bonds. The summed E-state index contributed by atoms with van der Waals surface area (Å²) in [5.74, 6) is -2.69. The van der Waals surface area contributed by atoms with Crippen LogP contribution in [0, 0.1) is 11.3 Å². The normalized spacial score (nSPS) is 14.4. The molecular formula is C10H21F3N4. The first-order valence-corrected chi connectivity index (χ1v) is 5.38. The van der Waals surface area contributed by atoms with Gasteiger partial charge in [0.15, 0.2) is 0 Å². The molecule has 4 nitrogen and oxygen atoms in total. The lowest BCUT2D eigenvalue weighted by Crippen LogP contribution is -2.43. The van der Waals surface area contributed by atoms with E-state index in [2.05, 4.69) is 0 Å². The first-order chi connectivity index (χ1) is 7.64. The van der Waals surface area contributed by atoms with Crippen molar-refractivity contribution in [2.45, 2.75) is 12.6 Å². The number of alkyl halides is 3. The van der Waals surface area contributed by atoms with Crippen molar-refractivity contribution in [3.8, 4) is 0 Å². The van der Waals surface area contributed by atoms with Crippen LogP contribution >= 0.6 is 0 Å². The maximum atomic E-state index is 12.5. The molecule has 0 heterocycles. The van der Waals surface area contributed by atoms with Crippen molar-refractivity contribution < 1.29 is 13.2 Å². The van der Waals surface area contributed by atoms with Gasteiger partial charge >= 0.3 is 6.18 Å². The lowest BCUT2D eigenvalue weighted by atomic mass is 10.1. The van der Waals surface area contributed by atoms with Gasteiger partial charge in [0, 0.05) is 6.54 Å². The number of rotatable bonds is 7. The van der Waals surface area contributed by atoms with Crippen molar-refractivity contribution >= 4 is 5.84 Å². The molecule has 0 aromatic rings. The van der Waals surface area contributed by atoms with E-state index in [1.165, 1.54) is 0 Å². The molecule has 1 atom stereocenters. The Kier molecular flexibility index (Phi) is 6.48. The van der Waals surface area contributed by atoms with E-state index in [1.807, 2.05) is 19.0 Å². The molecule has 0 spiro atoms. The number of halogens is 3. The van der Waals surface area contributed by atoms with Gasteiger partial charge in [-0.3, -0.25) is 5.41 Å². The smallest absolute Gasteiger partial charge is 0.387 e. The standard InChI is InChI=1S/C10H21F3N4/c1-16(2)5-4-6-17(3)7-8(9(14)15)10(11,12)13/h8H,4-7H2,1-3H3,(H3,14,15). The minimum atomic E-state index is -4.44. The molecule has 0 aromatic carbocycles. The summed E-state index contributed by atoms with van der Waals surface area (Å²) in [5, 5.41) is 6.97. The summed E-state index contributed by atoms with van der Waals surface area (Å²) in [5.41, 5.74) is 4.98. The third-order valence-electron chi connectivity index (χ3n) is 2.41. The molecule has 102 valence electrons. The molecule has 0 aliphatic carbocycles. The molecule has 3 N–H and O–H groups in total. The fraction of sp³-hybridized carbons (Fsp3) is 0.900. The van der Waals surface area contributed by atoms with E-state index >= 15 is 0 Å². The molecule has 0 saturated heterocycles. The Balaban J connectivity index is 4.14. The van der Waals surface area contributed by atoms with Crippen LogP contribution in [0.2, 0.25) is 0 Å². The van der Waals surface area contributed by atoms with Gasteiger partial charge in [0.05, 0.1) is 0 Å². The molecule has 0 aromatic heterocycles. The summed E-state index contributed by atoms with van der Waals surface area (Å²) in [6.07, 6.45) is -3.66. The van der Waals surface area contributed by atoms with E-state index in [0.717, 1.165) is 13.0 Å². The fourth-order valence-electron chi connectivity index (χ4n) is 1.44. The third kappa shape index (κ3) is 7.17. The second-order valence-electron chi connectivity index (χ2n) is 4.47. The lowest BCUT2D eigenvalue weighted by molar-refractivity contribution is -0.159. The van der Waals surface area contributed by atoms with Gasteiger partial charge < -0.3 is 15.5 Å². The van der Waals surface area contributed by atoms with E-state index in [9.17, 15) is 13.2 Å². The monoisotopic (exact) mass is 254 g/mol. The quantitative estimate of drug-likeness (QED) is 0.526. The SMILES string of the molecule is CN(C)CCCN(C)CC(C(=N)N)C(F)(F)F. The zero-order valence-corrected chi connectivity index (χ0v) is 10.5. The Morgan fingerprint density at radius 3 is 2.12 bits per heavy atom. The summed E-state index contributed by atoms with van der Waals surface area (Å²) < 4.78 is 37.6. The first kappa shape index (κ1) is 16.2. The van der Waals surface area contributed by atoms with Crippen LogP contribution in [-0.4, -0.2) is 62.6 Å². The van der Waals surface area contributed by atoms with Crippen LogP contribution in [0.25, 0.3) is 0 Å². The Morgan fingerprint density at radius 1 is 1.24 bits per heavy atom. The van der Waals surface area contributed by atoms with Crippen LogP contribution < -0.4 is 5.73 Å². The van der Waals surface area contributed by atoms with Gasteiger partial charge in [-0.2, -0.15) is 13.2 Å². The Morgan fingerprint density at radius 2 is 1.76 bits per heavy atom. The average molecular weight is 254 g/mol. The van der Waals surface area contributed by atoms with Crippen LogP contribution in [0.1, 0.15) is 6.42 Å². The summed E-state index contributed by atoms with van der Waals surface area (Å²) in [7, 11) is 5.43. The highest BCUT2D eigenvalue weighted by molar-refractivity contribution is 5.80. The van der Waals surface area contributed by atoms with E-state index < -0.39 is 17.9 Å². The number of nitrogens with zero attached hydrogens (tertiary/aromatic N) is 2. The first-order valence-electron chi connectivity index (χ1n) is 5.38. The molecule has 1 unspecified atom stereocenters. The number of hydrogen-bond donors (Lipinski definition) is 2. The number of nitrogens with one attached hydrogen (secondary N) is 1. The zero-order valence-electron chi connectivity index (χ0n) is 10.5. The predicted octanol–water partition coefficient (Wildman–Crippen LogP) is 0.984. The van der Waals surface area contributed by atoms with Crippen molar-refractivity contribution in [2.75, 3.05) is 40.8 Å². The number of amidine groups is 1. The topological polar surface area (TPSA) is 56.4 Å². The third-order valence-corrected chi connectivity index (χ3v) is 2.41. The van der Waals surface area contributed by atoms with Crippen molar-refractivity contribution in [3.05, 3.63) is 0 Å². The minimum absolute atomic E-state index is 0.258. The van der Waals surface area contributed by atoms with Crippen LogP contribution in [0.3, 0.4) is 0 Å². The molecule has 0 saturated carbocycles. The molecule has 0 rings (SSSR count). The maximum absolute atomic E-state index is 12.5. The highest BCUT2D eigenvalue weighted by atomic mass is 19.4. The van der Waals surface area contributed by atoms with Crippen LogP contribution in [0.15, 0.2) is 0 Å². The van der Waals surface area contributed by atoms with Gasteiger partial charge in [0.25, 0.3) is 0 Å². The Labute approximate surface area is 100 Å². The Bertz CT molecular complexity index is 240. The van der Waals surface area contributed by atoms with E-state index in [0.29, 0.717) is 6.54 Å². The van der Waals surface area contributed by atoms with Gasteiger partial charge in [-0.15, -0.1) is 0 Å². The summed E-state index contributed by atoms with van der Waals surface area (Å²) in [6, 6.07) is 0. The largest absolute Gasteiger partial charge is 0.399 e. The fourth-order valence-corrected chi connectivity index (χ4v) is 1.44. The van der Waals surface area contributed by atoms with Crippen molar-refractivity contribution in [2.24, 2.45) is 11.7 Å². The molecular weight excluding hydrogens is 233 g/mol. The zero-order chi connectivity index (χ0) is 13.6. The predicted molar refractivity (Wildman–Crippen MR) is 62.1 cm³/mol. The molecule has 17 heavy (non-hydrogen) atoms. The van der Waals surface area contributed by atoms with E-state index in [1.54, 1.807) is 11.9 Å². The molecule has 0 aliphatic heterocycles. The molecule has 0 fully saturated rings. The maximum Gasteiger partial charge on any atom is 0.399 e. The number of nitrogens with two attached hydrogens (primary N) is 1. The highest BCUT2D eigenvalue weighted by Crippen LogP contribution is 2.26. The average Bonchev–Trinajstić information content (AvgIpc) is 2.11. The molecule has 7 heteroatoms. The van der Waals surface area contributed by atoms with Gasteiger partial charge in [0.1, 0.15) is 11.8 Å². The van der Waals surface area contributed by atoms with Crippen molar-refractivity contribution in [3.63, 3.8) is 0 Å². The van der Waals surface area contributed by atoms with E-state index in [-0.39, 0.29) is 6.54 Å². The van der Waals surface area contributed by atoms with Gasteiger partial charge in [-0.05, 0) is 40.7 Å². The van der Waals surface area contributed by atoms with Crippen molar-refractivity contribution in [1.29, 1.82) is 5.41 Å². The van der Waals surface area contributed by atoms with Crippen LogP contribution in [-0.2, 0) is 0 Å². The summed E-state index contributed by atoms with van der Waals surface area (Å²) in [4.78, 5) is 3.53. The summed E-state index contributed by atoms with van der Waals surface area (Å²) >= 11 is 0. The van der Waals surface area contributed by atoms with Gasteiger partial charge in [-0.1, -0.05) is 0 Å². The molecule has 0 bridgehead atoms.